The second-order valence-electron chi connectivity index (χ2n) is 15.5. The number of aromatic carboxylic acids is 1. The third kappa shape index (κ3) is 36.4. The normalized spacial score (nSPS) is 11.2. The fourth-order valence-corrected chi connectivity index (χ4v) is 5.98. The first-order valence-electron chi connectivity index (χ1n) is 23.5. The first-order chi connectivity index (χ1) is 32.4. The average molecular weight is 953 g/mol. The van der Waals surface area contributed by atoms with E-state index < -0.39 is 30.5 Å². The average Bonchev–Trinajstić information content (AvgIpc) is 3.30. The molecule has 0 spiro atoms. The van der Waals surface area contributed by atoms with Gasteiger partial charge >= 0.3 is 11.9 Å². The summed E-state index contributed by atoms with van der Waals surface area (Å²) >= 11 is 0. The molecule has 1 unspecified atom stereocenters. The van der Waals surface area contributed by atoms with Crippen LogP contribution in [-0.2, 0) is 52.5 Å². The van der Waals surface area contributed by atoms with Crippen molar-refractivity contribution >= 4 is 47.4 Å². The van der Waals surface area contributed by atoms with Crippen LogP contribution in [0.15, 0.2) is 24.3 Å². The monoisotopic (exact) mass is 953 g/mol. The van der Waals surface area contributed by atoms with Gasteiger partial charge in [-0.05, 0) is 62.8 Å². The number of nitrogens with one attached hydrogen (secondary N) is 6. The summed E-state index contributed by atoms with van der Waals surface area (Å²) in [6, 6.07) is 5.10. The smallest absolute Gasteiger partial charge is 0.335 e. The Morgan fingerprint density at radius 2 is 0.910 bits per heavy atom. The van der Waals surface area contributed by atoms with Crippen LogP contribution in [0.2, 0.25) is 0 Å². The molecule has 21 nitrogen and oxygen atoms in total. The Bertz CT molecular complexity index is 1570. The predicted octanol–water partition coefficient (Wildman–Crippen LogP) is 2.24. The molecular weight excluding hydrogens is 877 g/mol. The second-order valence-corrected chi connectivity index (χ2v) is 15.5. The Kier molecular flexibility index (Phi) is 36.4. The molecule has 0 saturated heterocycles. The van der Waals surface area contributed by atoms with Crippen LogP contribution in [0.25, 0.3) is 0 Å². The van der Waals surface area contributed by atoms with E-state index in [1.54, 1.807) is 12.1 Å². The maximum absolute atomic E-state index is 12.1. The molecule has 0 bridgehead atoms. The molecule has 8 N–H and O–H groups in total. The number of amides is 6. The van der Waals surface area contributed by atoms with Crippen LogP contribution in [0.4, 0.5) is 0 Å². The van der Waals surface area contributed by atoms with E-state index >= 15 is 0 Å². The van der Waals surface area contributed by atoms with Gasteiger partial charge in [0.15, 0.2) is 0 Å². The zero-order valence-electron chi connectivity index (χ0n) is 39.3. The Balaban J connectivity index is 1.88. The first kappa shape index (κ1) is 59.6. The number of carbonyl (C=O) groups is 8. The largest absolute Gasteiger partial charge is 0.494 e. The van der Waals surface area contributed by atoms with E-state index in [2.05, 4.69) is 31.9 Å². The molecule has 0 aliphatic carbocycles. The highest BCUT2D eigenvalue weighted by Crippen LogP contribution is 2.14. The SMILES string of the molecule is CCCCNC(=O)CCCNC(=O)CCC(NC(=O)COCCOCCNC(=O)COCCOCCNC(=O)CCCNC(=O)CCCCCCCCCOc1ccc(C(=O)O)cc1)C(=O)O. The van der Waals surface area contributed by atoms with Crippen LogP contribution in [0.5, 0.6) is 5.75 Å². The Labute approximate surface area is 394 Å². The van der Waals surface area contributed by atoms with Crippen LogP contribution in [0.1, 0.15) is 120 Å². The molecule has 0 heterocycles. The van der Waals surface area contributed by atoms with Crippen LogP contribution in [0.3, 0.4) is 0 Å². The molecule has 67 heavy (non-hydrogen) atoms. The predicted molar refractivity (Wildman–Crippen MR) is 246 cm³/mol. The zero-order valence-corrected chi connectivity index (χ0v) is 39.3. The molecule has 1 aromatic carbocycles. The van der Waals surface area contributed by atoms with Crippen LogP contribution < -0.4 is 36.6 Å². The van der Waals surface area contributed by atoms with Crippen molar-refractivity contribution in [2.75, 3.05) is 92.2 Å². The van der Waals surface area contributed by atoms with Crippen LogP contribution in [-0.4, -0.2) is 156 Å². The lowest BCUT2D eigenvalue weighted by molar-refractivity contribution is -0.143. The van der Waals surface area contributed by atoms with E-state index in [4.69, 9.17) is 28.8 Å². The van der Waals surface area contributed by atoms with Crippen molar-refractivity contribution in [1.82, 2.24) is 31.9 Å². The molecule has 0 aromatic heterocycles. The molecule has 0 aliphatic heterocycles. The Morgan fingerprint density at radius 3 is 1.45 bits per heavy atom. The molecule has 0 radical (unpaired) electrons. The van der Waals surface area contributed by atoms with E-state index in [0.29, 0.717) is 51.3 Å². The van der Waals surface area contributed by atoms with Gasteiger partial charge in [0.05, 0.1) is 51.8 Å². The van der Waals surface area contributed by atoms with Gasteiger partial charge in [0.2, 0.25) is 35.4 Å². The molecule has 1 aromatic rings. The summed E-state index contributed by atoms with van der Waals surface area (Å²) in [4.78, 5) is 94.5. The third-order valence-corrected chi connectivity index (χ3v) is 9.72. The van der Waals surface area contributed by atoms with E-state index in [9.17, 15) is 43.5 Å². The topological polar surface area (TPSA) is 295 Å². The fourth-order valence-electron chi connectivity index (χ4n) is 5.98. The minimum Gasteiger partial charge on any atom is -0.494 e. The van der Waals surface area contributed by atoms with Gasteiger partial charge in [0.25, 0.3) is 0 Å². The minimum atomic E-state index is -1.28. The van der Waals surface area contributed by atoms with E-state index in [-0.39, 0.29) is 120 Å². The van der Waals surface area contributed by atoms with E-state index in [0.717, 1.165) is 57.8 Å². The lowest BCUT2D eigenvalue weighted by Crippen LogP contribution is -2.43. The van der Waals surface area contributed by atoms with Gasteiger partial charge in [0.1, 0.15) is 25.0 Å². The highest BCUT2D eigenvalue weighted by atomic mass is 16.5. The number of benzene rings is 1. The molecule has 0 fully saturated rings. The standard InChI is InChI=1S/C46H76N6O15/c1-2-3-22-47-40(54)14-11-24-49-42(56)21-20-38(46(61)62)52-44(58)35-66-33-31-64-29-26-51-43(57)34-65-32-30-63-28-25-50-41(55)15-12-23-48-39(53)13-9-7-5-4-6-8-10-27-67-37-18-16-36(17-19-37)45(59)60/h16-19,38H,2-15,20-35H2,1H3,(H,47,54)(H,48,53)(H,49,56)(H,50,55)(H,51,57)(H,52,58)(H,59,60)(H,61,62). The molecule has 0 saturated carbocycles. The molecular formula is C46H76N6O15. The number of hydrogen-bond acceptors (Lipinski definition) is 13. The molecule has 1 rings (SSSR count). The number of aliphatic carboxylic acids is 1. The number of carbonyl (C=O) groups excluding carboxylic acids is 6. The van der Waals surface area contributed by atoms with Crippen molar-refractivity contribution in [2.45, 2.75) is 116 Å². The van der Waals surface area contributed by atoms with Gasteiger partial charge in [-0.1, -0.05) is 45.4 Å². The summed E-state index contributed by atoms with van der Waals surface area (Å²) in [6.07, 6.45) is 10.7. The van der Waals surface area contributed by atoms with Crippen molar-refractivity contribution in [3.8, 4) is 5.75 Å². The number of unbranched alkanes of at least 4 members (excludes halogenated alkanes) is 7. The summed E-state index contributed by atoms with van der Waals surface area (Å²) in [5.74, 6) is -3.21. The Hall–Kier alpha value is -5.38. The second kappa shape index (κ2) is 40.9. The third-order valence-electron chi connectivity index (χ3n) is 9.72. The minimum absolute atomic E-state index is 0.0140. The number of carboxylic acid groups (broad SMARTS) is 2. The fraction of sp³-hybridized carbons (Fsp3) is 0.696. The summed E-state index contributed by atoms with van der Waals surface area (Å²) in [6.45, 7) is 4.94. The van der Waals surface area contributed by atoms with Crippen LogP contribution in [0, 0.1) is 0 Å². The molecule has 0 aliphatic rings. The van der Waals surface area contributed by atoms with Crippen molar-refractivity contribution in [3.05, 3.63) is 29.8 Å². The summed E-state index contributed by atoms with van der Waals surface area (Å²) in [5.41, 5.74) is 0.233. The summed E-state index contributed by atoms with van der Waals surface area (Å²) < 4.78 is 26.9. The maximum Gasteiger partial charge on any atom is 0.335 e. The van der Waals surface area contributed by atoms with Gasteiger partial charge in [0, 0.05) is 58.4 Å². The Morgan fingerprint density at radius 1 is 0.463 bits per heavy atom. The lowest BCUT2D eigenvalue weighted by atomic mass is 10.1. The number of carboxylic acids is 2. The van der Waals surface area contributed by atoms with Gasteiger partial charge < -0.3 is 65.8 Å². The molecule has 6 amide bonds. The van der Waals surface area contributed by atoms with Gasteiger partial charge in [-0.25, -0.2) is 9.59 Å². The highest BCUT2D eigenvalue weighted by Gasteiger charge is 2.21. The zero-order chi connectivity index (χ0) is 49.2. The first-order valence-corrected chi connectivity index (χ1v) is 23.5. The molecule has 380 valence electrons. The van der Waals surface area contributed by atoms with Crippen LogP contribution >= 0.6 is 0 Å². The van der Waals surface area contributed by atoms with Gasteiger partial charge in [-0.15, -0.1) is 0 Å². The highest BCUT2D eigenvalue weighted by molar-refractivity contribution is 5.87. The van der Waals surface area contributed by atoms with Crippen molar-refractivity contribution in [1.29, 1.82) is 0 Å². The van der Waals surface area contributed by atoms with Crippen molar-refractivity contribution < 1.29 is 72.3 Å². The molecule has 1 atom stereocenters. The van der Waals surface area contributed by atoms with Crippen molar-refractivity contribution in [2.24, 2.45) is 0 Å². The van der Waals surface area contributed by atoms with Crippen molar-refractivity contribution in [3.63, 3.8) is 0 Å². The summed E-state index contributed by atoms with van der Waals surface area (Å²) in [7, 11) is 0. The van der Waals surface area contributed by atoms with E-state index in [1.807, 2.05) is 6.92 Å². The maximum atomic E-state index is 12.1. The number of hydrogen-bond donors (Lipinski definition) is 8. The summed E-state index contributed by atoms with van der Waals surface area (Å²) in [5, 5.41) is 34.4. The van der Waals surface area contributed by atoms with Gasteiger partial charge in [-0.2, -0.15) is 0 Å². The number of rotatable bonds is 44. The molecule has 21 heteroatoms. The number of ether oxygens (including phenoxy) is 5. The lowest BCUT2D eigenvalue weighted by Gasteiger charge is -2.14. The van der Waals surface area contributed by atoms with E-state index in [1.165, 1.54) is 12.1 Å². The van der Waals surface area contributed by atoms with Gasteiger partial charge in [-0.3, -0.25) is 28.8 Å². The quantitative estimate of drug-likeness (QED) is 0.0436.